The van der Waals surface area contributed by atoms with E-state index < -0.39 is 4.92 Å². The van der Waals surface area contributed by atoms with Crippen molar-refractivity contribution in [1.82, 2.24) is 0 Å². The number of ether oxygens (including phenoxy) is 1. The van der Waals surface area contributed by atoms with E-state index in [0.717, 1.165) is 11.1 Å². The van der Waals surface area contributed by atoms with E-state index in [1.54, 1.807) is 18.2 Å². The SMILES string of the molecule is Cc1cc(Oc2c(Br)cc([N+](=O)[O-])cc2Br)ccc1CO. The number of non-ortho nitro benzene ring substituents is 1. The summed E-state index contributed by atoms with van der Waals surface area (Å²) in [5.41, 5.74) is 1.70. The minimum Gasteiger partial charge on any atom is -0.455 e. The first-order valence-electron chi connectivity index (χ1n) is 5.94. The molecule has 5 nitrogen and oxygen atoms in total. The summed E-state index contributed by atoms with van der Waals surface area (Å²) in [5, 5.41) is 19.9. The van der Waals surface area contributed by atoms with Gasteiger partial charge < -0.3 is 9.84 Å². The molecule has 0 radical (unpaired) electrons. The van der Waals surface area contributed by atoms with Crippen LogP contribution in [0.4, 0.5) is 5.69 Å². The average molecular weight is 417 g/mol. The lowest BCUT2D eigenvalue weighted by Crippen LogP contribution is -1.93. The fourth-order valence-corrected chi connectivity index (χ4v) is 3.10. The van der Waals surface area contributed by atoms with Crippen molar-refractivity contribution in [3.05, 3.63) is 60.5 Å². The highest BCUT2D eigenvalue weighted by molar-refractivity contribution is 9.11. The van der Waals surface area contributed by atoms with E-state index in [0.29, 0.717) is 20.4 Å². The van der Waals surface area contributed by atoms with E-state index in [-0.39, 0.29) is 12.3 Å². The van der Waals surface area contributed by atoms with E-state index in [2.05, 4.69) is 31.9 Å². The lowest BCUT2D eigenvalue weighted by Gasteiger charge is -2.11. The molecule has 1 N–H and O–H groups in total. The summed E-state index contributed by atoms with van der Waals surface area (Å²) < 4.78 is 6.72. The maximum Gasteiger partial charge on any atom is 0.271 e. The van der Waals surface area contributed by atoms with Gasteiger partial charge in [-0.2, -0.15) is 0 Å². The minimum atomic E-state index is -0.473. The molecule has 7 heteroatoms. The molecule has 0 saturated carbocycles. The van der Waals surface area contributed by atoms with Gasteiger partial charge in [-0.05, 0) is 62.0 Å². The summed E-state index contributed by atoms with van der Waals surface area (Å²) in [5.74, 6) is 1.04. The predicted molar refractivity (Wildman–Crippen MR) is 85.7 cm³/mol. The van der Waals surface area contributed by atoms with Crippen molar-refractivity contribution in [3.63, 3.8) is 0 Å². The summed E-state index contributed by atoms with van der Waals surface area (Å²) >= 11 is 6.54. The van der Waals surface area contributed by atoms with Crippen LogP contribution in [0.15, 0.2) is 39.3 Å². The smallest absolute Gasteiger partial charge is 0.271 e. The van der Waals surface area contributed by atoms with Crippen LogP contribution < -0.4 is 4.74 Å². The zero-order valence-electron chi connectivity index (χ0n) is 11.0. The normalized spacial score (nSPS) is 10.5. The fraction of sp³-hybridized carbons (Fsp3) is 0.143. The van der Waals surface area contributed by atoms with Gasteiger partial charge in [0.1, 0.15) is 5.75 Å². The second-order valence-corrected chi connectivity index (χ2v) is 6.05. The zero-order valence-corrected chi connectivity index (χ0v) is 14.1. The standard InChI is InChI=1S/C14H11Br2NO4/c1-8-4-11(3-2-9(8)7-18)21-14-12(15)5-10(17(19)20)6-13(14)16/h2-6,18H,7H2,1H3. The number of aliphatic hydroxyl groups excluding tert-OH is 1. The van der Waals surface area contributed by atoms with Gasteiger partial charge in [-0.15, -0.1) is 0 Å². The third-order valence-corrected chi connectivity index (χ3v) is 4.08. The largest absolute Gasteiger partial charge is 0.455 e. The summed E-state index contributed by atoms with van der Waals surface area (Å²) in [7, 11) is 0. The number of rotatable bonds is 4. The van der Waals surface area contributed by atoms with Gasteiger partial charge in [0.25, 0.3) is 5.69 Å². The van der Waals surface area contributed by atoms with Gasteiger partial charge in [0.2, 0.25) is 0 Å². The zero-order chi connectivity index (χ0) is 15.6. The van der Waals surface area contributed by atoms with E-state index in [4.69, 9.17) is 9.84 Å². The number of halogens is 2. The molecule has 0 spiro atoms. The fourth-order valence-electron chi connectivity index (χ4n) is 1.78. The number of nitrogens with zero attached hydrogens (tertiary/aromatic N) is 1. The summed E-state index contributed by atoms with van der Waals surface area (Å²) in [4.78, 5) is 10.3. The highest BCUT2D eigenvalue weighted by Crippen LogP contribution is 2.40. The number of benzene rings is 2. The first-order valence-corrected chi connectivity index (χ1v) is 7.52. The van der Waals surface area contributed by atoms with Gasteiger partial charge in [-0.25, -0.2) is 0 Å². The van der Waals surface area contributed by atoms with Gasteiger partial charge in [0.05, 0.1) is 20.5 Å². The molecular weight excluding hydrogens is 406 g/mol. The number of aliphatic hydroxyl groups is 1. The van der Waals surface area contributed by atoms with Crippen molar-refractivity contribution >= 4 is 37.5 Å². The molecule has 0 aliphatic heterocycles. The van der Waals surface area contributed by atoms with Gasteiger partial charge in [-0.3, -0.25) is 10.1 Å². The van der Waals surface area contributed by atoms with Crippen molar-refractivity contribution in [1.29, 1.82) is 0 Å². The van der Waals surface area contributed by atoms with Crippen LogP contribution >= 0.6 is 31.9 Å². The minimum absolute atomic E-state index is 0.0307. The summed E-state index contributed by atoms with van der Waals surface area (Å²) in [6, 6.07) is 8.08. The molecule has 0 amide bonds. The van der Waals surface area contributed by atoms with Gasteiger partial charge >= 0.3 is 0 Å². The van der Waals surface area contributed by atoms with E-state index >= 15 is 0 Å². The third-order valence-electron chi connectivity index (χ3n) is 2.90. The van der Waals surface area contributed by atoms with Crippen LogP contribution in [0.1, 0.15) is 11.1 Å². The molecule has 0 aliphatic rings. The van der Waals surface area contributed by atoms with Gasteiger partial charge in [0.15, 0.2) is 5.75 Å². The van der Waals surface area contributed by atoms with Crippen molar-refractivity contribution in [2.75, 3.05) is 0 Å². The topological polar surface area (TPSA) is 72.6 Å². The highest BCUT2D eigenvalue weighted by Gasteiger charge is 2.16. The molecule has 21 heavy (non-hydrogen) atoms. The first kappa shape index (κ1) is 15.9. The van der Waals surface area contributed by atoms with Crippen LogP contribution in [0, 0.1) is 17.0 Å². The number of hydrogen-bond acceptors (Lipinski definition) is 4. The molecule has 0 saturated heterocycles. The van der Waals surface area contributed by atoms with Crippen LogP contribution in [0.3, 0.4) is 0 Å². The Morgan fingerprint density at radius 3 is 2.33 bits per heavy atom. The van der Waals surface area contributed by atoms with Crippen LogP contribution in [-0.2, 0) is 6.61 Å². The Kier molecular flexibility index (Phi) is 4.97. The molecule has 0 bridgehead atoms. The second-order valence-electron chi connectivity index (χ2n) is 4.34. The van der Waals surface area contributed by atoms with E-state index in [9.17, 15) is 10.1 Å². The summed E-state index contributed by atoms with van der Waals surface area (Å²) in [6.45, 7) is 1.84. The lowest BCUT2D eigenvalue weighted by atomic mass is 10.1. The van der Waals surface area contributed by atoms with Crippen LogP contribution in [0.2, 0.25) is 0 Å². The molecule has 0 fully saturated rings. The average Bonchev–Trinajstić information content (AvgIpc) is 2.42. The number of nitro benzene ring substituents is 1. The molecule has 2 rings (SSSR count). The van der Waals surface area contributed by atoms with E-state index in [1.807, 2.05) is 6.92 Å². The molecular formula is C14H11Br2NO4. The van der Waals surface area contributed by atoms with Gasteiger partial charge in [0, 0.05) is 12.1 Å². The second kappa shape index (κ2) is 6.55. The first-order chi connectivity index (χ1) is 9.92. The quantitative estimate of drug-likeness (QED) is 0.578. The number of hydrogen-bond donors (Lipinski definition) is 1. The molecule has 0 heterocycles. The highest BCUT2D eigenvalue weighted by atomic mass is 79.9. The maximum atomic E-state index is 10.8. The molecule has 0 atom stereocenters. The monoisotopic (exact) mass is 415 g/mol. The van der Waals surface area contributed by atoms with Crippen molar-refractivity contribution < 1.29 is 14.8 Å². The Morgan fingerprint density at radius 2 is 1.86 bits per heavy atom. The lowest BCUT2D eigenvalue weighted by molar-refractivity contribution is -0.385. The van der Waals surface area contributed by atoms with Crippen molar-refractivity contribution in [3.8, 4) is 11.5 Å². The third kappa shape index (κ3) is 3.61. The Balaban J connectivity index is 2.35. The Hall–Kier alpha value is -1.44. The molecule has 0 unspecified atom stereocenters. The molecule has 110 valence electrons. The van der Waals surface area contributed by atoms with E-state index in [1.165, 1.54) is 12.1 Å². The van der Waals surface area contributed by atoms with Crippen LogP contribution in [-0.4, -0.2) is 10.0 Å². The molecule has 2 aromatic carbocycles. The van der Waals surface area contributed by atoms with Gasteiger partial charge in [-0.1, -0.05) is 6.07 Å². The Bertz CT molecular complexity index is 680. The van der Waals surface area contributed by atoms with Crippen LogP contribution in [0.25, 0.3) is 0 Å². The van der Waals surface area contributed by atoms with Crippen molar-refractivity contribution in [2.24, 2.45) is 0 Å². The number of nitro groups is 1. The maximum absolute atomic E-state index is 10.8. The summed E-state index contributed by atoms with van der Waals surface area (Å²) in [6.07, 6.45) is 0. The number of aryl methyl sites for hydroxylation is 1. The molecule has 0 aromatic heterocycles. The Labute approximate surface area is 138 Å². The predicted octanol–water partition coefficient (Wildman–Crippen LogP) is 4.71. The van der Waals surface area contributed by atoms with Crippen molar-refractivity contribution in [2.45, 2.75) is 13.5 Å². The van der Waals surface area contributed by atoms with Crippen LogP contribution in [0.5, 0.6) is 11.5 Å². The molecule has 2 aromatic rings. The Morgan fingerprint density at radius 1 is 1.24 bits per heavy atom. The molecule has 0 aliphatic carbocycles.